The zero-order chi connectivity index (χ0) is 10.3. The van der Waals surface area contributed by atoms with E-state index in [0.29, 0.717) is 16.0 Å². The molecule has 0 N–H and O–H groups in total. The van der Waals surface area contributed by atoms with Gasteiger partial charge in [0.2, 0.25) is 0 Å². The van der Waals surface area contributed by atoms with Crippen LogP contribution in [0.1, 0.15) is 19.9 Å². The third-order valence-electron chi connectivity index (χ3n) is 2.17. The Bertz CT molecular complexity index is 476. The van der Waals surface area contributed by atoms with Gasteiger partial charge in [-0.1, -0.05) is 0 Å². The molecule has 0 saturated heterocycles. The van der Waals surface area contributed by atoms with Gasteiger partial charge in [0.05, 0.1) is 21.8 Å². The molecule has 0 unspecified atom stereocenters. The molecule has 2 rings (SSSR count). The minimum atomic E-state index is -0.272. The summed E-state index contributed by atoms with van der Waals surface area (Å²) in [6.07, 6.45) is 1.74. The summed E-state index contributed by atoms with van der Waals surface area (Å²) < 4.78 is 15.7. The van der Waals surface area contributed by atoms with Crippen LogP contribution in [-0.2, 0) is 0 Å². The zero-order valence-electron chi connectivity index (χ0n) is 7.96. The van der Waals surface area contributed by atoms with Crippen LogP contribution in [0.15, 0.2) is 22.9 Å². The molecule has 0 bridgehead atoms. The maximum Gasteiger partial charge on any atom is 0.139 e. The summed E-state index contributed by atoms with van der Waals surface area (Å²) >= 11 is 3.17. The summed E-state index contributed by atoms with van der Waals surface area (Å²) in [7, 11) is 0. The molecule has 0 aliphatic carbocycles. The number of hydrogen-bond acceptors (Lipinski definition) is 1. The first kappa shape index (κ1) is 9.65. The highest BCUT2D eigenvalue weighted by Crippen LogP contribution is 2.24. The molecule has 4 heteroatoms. The monoisotopic (exact) mass is 256 g/mol. The summed E-state index contributed by atoms with van der Waals surface area (Å²) in [5.74, 6) is -0.272. The number of fused-ring (bicyclic) bond motifs is 1. The predicted molar refractivity (Wildman–Crippen MR) is 57.8 cm³/mol. The minimum Gasteiger partial charge on any atom is -0.328 e. The van der Waals surface area contributed by atoms with Gasteiger partial charge >= 0.3 is 0 Å². The number of imidazole rings is 1. The van der Waals surface area contributed by atoms with Crippen LogP contribution in [0.5, 0.6) is 0 Å². The third kappa shape index (κ3) is 1.43. The van der Waals surface area contributed by atoms with Crippen LogP contribution in [-0.4, -0.2) is 9.55 Å². The molecule has 74 valence electrons. The Kier molecular flexibility index (Phi) is 2.31. The first-order valence-electron chi connectivity index (χ1n) is 4.41. The summed E-state index contributed by atoms with van der Waals surface area (Å²) in [6.45, 7) is 4.14. The fraction of sp³-hybridized carbons (Fsp3) is 0.300. The molecule has 0 amide bonds. The molecule has 0 radical (unpaired) electrons. The standard InChI is InChI=1S/C10H10BrFN2/c1-6(2)14-5-13-9-4-8(12)7(11)3-10(9)14/h3-6H,1-2H3. The SMILES string of the molecule is CC(C)n1cnc2cc(F)c(Br)cc21. The molecule has 1 heterocycles. The van der Waals surface area contributed by atoms with Crippen LogP contribution >= 0.6 is 15.9 Å². The highest BCUT2D eigenvalue weighted by molar-refractivity contribution is 9.10. The van der Waals surface area contributed by atoms with Gasteiger partial charge in [-0.2, -0.15) is 0 Å². The van der Waals surface area contributed by atoms with Crippen molar-refractivity contribution in [1.29, 1.82) is 0 Å². The molecular formula is C10H10BrFN2. The molecule has 0 atom stereocenters. The molecule has 2 nitrogen and oxygen atoms in total. The average molecular weight is 257 g/mol. The Hall–Kier alpha value is -0.900. The van der Waals surface area contributed by atoms with Crippen LogP contribution in [0.25, 0.3) is 11.0 Å². The van der Waals surface area contributed by atoms with Crippen LogP contribution < -0.4 is 0 Å². The molecule has 2 aromatic rings. The lowest BCUT2D eigenvalue weighted by molar-refractivity contribution is 0.613. The second-order valence-electron chi connectivity index (χ2n) is 3.50. The summed E-state index contributed by atoms with van der Waals surface area (Å²) in [5.41, 5.74) is 1.65. The quantitative estimate of drug-likeness (QED) is 0.764. The maximum atomic E-state index is 13.2. The van der Waals surface area contributed by atoms with Gasteiger partial charge in [0, 0.05) is 12.1 Å². The molecule has 1 aromatic heterocycles. The van der Waals surface area contributed by atoms with Gasteiger partial charge in [-0.15, -0.1) is 0 Å². The van der Waals surface area contributed by atoms with Crippen molar-refractivity contribution in [2.45, 2.75) is 19.9 Å². The van der Waals surface area contributed by atoms with Crippen LogP contribution in [0.3, 0.4) is 0 Å². The van der Waals surface area contributed by atoms with Crippen molar-refractivity contribution in [3.8, 4) is 0 Å². The van der Waals surface area contributed by atoms with E-state index >= 15 is 0 Å². The molecule has 0 aliphatic heterocycles. The smallest absolute Gasteiger partial charge is 0.139 e. The Morgan fingerprint density at radius 2 is 2.14 bits per heavy atom. The first-order valence-corrected chi connectivity index (χ1v) is 5.20. The Balaban J connectivity index is 2.74. The largest absolute Gasteiger partial charge is 0.328 e. The fourth-order valence-corrected chi connectivity index (χ4v) is 1.77. The first-order chi connectivity index (χ1) is 6.59. The van der Waals surface area contributed by atoms with Gasteiger partial charge in [0.15, 0.2) is 0 Å². The Morgan fingerprint density at radius 3 is 2.79 bits per heavy atom. The van der Waals surface area contributed by atoms with Crippen molar-refractivity contribution in [2.24, 2.45) is 0 Å². The second kappa shape index (κ2) is 3.35. The molecule has 0 saturated carbocycles. The van der Waals surface area contributed by atoms with Crippen molar-refractivity contribution >= 4 is 27.0 Å². The fourth-order valence-electron chi connectivity index (χ4n) is 1.43. The predicted octanol–water partition coefficient (Wildman–Crippen LogP) is 3.52. The normalized spacial score (nSPS) is 11.5. The number of hydrogen-bond donors (Lipinski definition) is 0. The maximum absolute atomic E-state index is 13.2. The average Bonchev–Trinajstić information content (AvgIpc) is 2.48. The molecule has 1 aromatic carbocycles. The van der Waals surface area contributed by atoms with E-state index in [1.54, 1.807) is 12.4 Å². The van der Waals surface area contributed by atoms with Crippen molar-refractivity contribution in [3.05, 3.63) is 28.7 Å². The topological polar surface area (TPSA) is 17.8 Å². The molecule has 0 aliphatic rings. The number of rotatable bonds is 1. The van der Waals surface area contributed by atoms with E-state index in [-0.39, 0.29) is 5.82 Å². The second-order valence-corrected chi connectivity index (χ2v) is 4.35. The van der Waals surface area contributed by atoms with E-state index in [9.17, 15) is 4.39 Å². The minimum absolute atomic E-state index is 0.272. The number of halogens is 2. The van der Waals surface area contributed by atoms with E-state index in [1.807, 2.05) is 4.57 Å². The molecular weight excluding hydrogens is 247 g/mol. The zero-order valence-corrected chi connectivity index (χ0v) is 9.55. The van der Waals surface area contributed by atoms with E-state index in [0.717, 1.165) is 5.52 Å². The van der Waals surface area contributed by atoms with Crippen molar-refractivity contribution in [2.75, 3.05) is 0 Å². The summed E-state index contributed by atoms with van der Waals surface area (Å²) in [6, 6.07) is 3.54. The number of aromatic nitrogens is 2. The van der Waals surface area contributed by atoms with E-state index in [1.165, 1.54) is 6.07 Å². The lowest BCUT2D eigenvalue weighted by Crippen LogP contribution is -1.98. The summed E-state index contributed by atoms with van der Waals surface area (Å²) in [5, 5.41) is 0. The van der Waals surface area contributed by atoms with Gasteiger partial charge in [-0.3, -0.25) is 0 Å². The highest BCUT2D eigenvalue weighted by Gasteiger charge is 2.08. The Morgan fingerprint density at radius 1 is 1.43 bits per heavy atom. The molecule has 0 spiro atoms. The van der Waals surface area contributed by atoms with E-state index in [4.69, 9.17) is 0 Å². The van der Waals surface area contributed by atoms with Gasteiger partial charge in [-0.05, 0) is 35.8 Å². The summed E-state index contributed by atoms with van der Waals surface area (Å²) in [4.78, 5) is 4.14. The number of benzene rings is 1. The van der Waals surface area contributed by atoms with Gasteiger partial charge in [0.1, 0.15) is 5.82 Å². The Labute approximate surface area is 89.9 Å². The van der Waals surface area contributed by atoms with Crippen molar-refractivity contribution < 1.29 is 4.39 Å². The van der Waals surface area contributed by atoms with E-state index < -0.39 is 0 Å². The third-order valence-corrected chi connectivity index (χ3v) is 2.78. The van der Waals surface area contributed by atoms with Gasteiger partial charge < -0.3 is 4.57 Å². The van der Waals surface area contributed by atoms with Crippen molar-refractivity contribution in [1.82, 2.24) is 9.55 Å². The van der Waals surface area contributed by atoms with Crippen LogP contribution in [0, 0.1) is 5.82 Å². The van der Waals surface area contributed by atoms with Crippen LogP contribution in [0.2, 0.25) is 0 Å². The molecule has 0 fully saturated rings. The highest BCUT2D eigenvalue weighted by atomic mass is 79.9. The van der Waals surface area contributed by atoms with E-state index in [2.05, 4.69) is 34.8 Å². The lowest BCUT2D eigenvalue weighted by Gasteiger charge is -2.07. The van der Waals surface area contributed by atoms with Crippen LogP contribution in [0.4, 0.5) is 4.39 Å². The number of nitrogens with zero attached hydrogens (tertiary/aromatic N) is 2. The van der Waals surface area contributed by atoms with Gasteiger partial charge in [-0.25, -0.2) is 9.37 Å². The van der Waals surface area contributed by atoms with Gasteiger partial charge in [0.25, 0.3) is 0 Å². The lowest BCUT2D eigenvalue weighted by atomic mass is 10.3. The molecule has 14 heavy (non-hydrogen) atoms. The van der Waals surface area contributed by atoms with Crippen molar-refractivity contribution in [3.63, 3.8) is 0 Å².